The van der Waals surface area contributed by atoms with E-state index in [1.165, 1.54) is 18.4 Å². The number of amides is 1. The fourth-order valence-corrected chi connectivity index (χ4v) is 3.37. The van der Waals surface area contributed by atoms with Crippen molar-refractivity contribution in [1.82, 2.24) is 14.9 Å². The number of pyridine rings is 1. The molecule has 0 bridgehead atoms. The van der Waals surface area contributed by atoms with Crippen molar-refractivity contribution in [3.05, 3.63) is 72.0 Å². The van der Waals surface area contributed by atoms with Crippen LogP contribution in [-0.4, -0.2) is 21.5 Å². The number of nitrogens with zero attached hydrogens (tertiary/aromatic N) is 2. The summed E-state index contributed by atoms with van der Waals surface area (Å²) in [4.78, 5) is 17.2. The van der Waals surface area contributed by atoms with Gasteiger partial charge in [-0.1, -0.05) is 18.2 Å². The Kier molecular flexibility index (Phi) is 3.37. The fraction of sp³-hybridized carbons (Fsp3) is 0.286. The van der Waals surface area contributed by atoms with Gasteiger partial charge in [-0.15, -0.1) is 0 Å². The van der Waals surface area contributed by atoms with E-state index in [9.17, 15) is 4.79 Å². The molecule has 1 aromatic carbocycles. The Morgan fingerprint density at radius 2 is 2.08 bits per heavy atom. The van der Waals surface area contributed by atoms with E-state index in [4.69, 9.17) is 0 Å². The molecule has 2 fully saturated rings. The first-order valence-corrected chi connectivity index (χ1v) is 8.95. The molecule has 0 aliphatic heterocycles. The largest absolute Gasteiger partial charge is 0.349 e. The van der Waals surface area contributed by atoms with Gasteiger partial charge in [0.1, 0.15) is 0 Å². The molecule has 1 unspecified atom stereocenters. The number of hydrogen-bond acceptors (Lipinski definition) is 2. The first-order chi connectivity index (χ1) is 12.3. The number of para-hydroxylation sites is 1. The molecule has 0 saturated heterocycles. The van der Waals surface area contributed by atoms with Crippen molar-refractivity contribution in [2.45, 2.75) is 37.8 Å². The van der Waals surface area contributed by atoms with E-state index in [0.29, 0.717) is 6.54 Å². The van der Waals surface area contributed by atoms with Crippen molar-refractivity contribution < 1.29 is 4.79 Å². The Morgan fingerprint density at radius 3 is 2.80 bits per heavy atom. The van der Waals surface area contributed by atoms with Crippen molar-refractivity contribution in [1.29, 1.82) is 0 Å². The summed E-state index contributed by atoms with van der Waals surface area (Å²) in [5.41, 5.74) is 4.08. The van der Waals surface area contributed by atoms with Crippen LogP contribution in [0.5, 0.6) is 0 Å². The Balaban J connectivity index is 1.46. The summed E-state index contributed by atoms with van der Waals surface area (Å²) in [5, 5.41) is 4.13. The molecule has 1 amide bonds. The standard InChI is InChI=1S/C21H20N3O/c25-21(23-17-8-9-17)19-3-1-2-15-10-11-24(20(15)19)13-18-7-6-16(12-22-18)14-4-5-14/h1-3,6-8,10-12,14,17H,4-5,9,13H2,(H,23,25). The molecule has 25 heavy (non-hydrogen) atoms. The number of carbonyl (C=O) groups excluding carboxylic acids is 1. The smallest absolute Gasteiger partial charge is 0.253 e. The van der Waals surface area contributed by atoms with Gasteiger partial charge in [-0.3, -0.25) is 9.78 Å². The summed E-state index contributed by atoms with van der Waals surface area (Å²) in [7, 11) is 0. The van der Waals surface area contributed by atoms with E-state index < -0.39 is 0 Å². The summed E-state index contributed by atoms with van der Waals surface area (Å²) < 4.78 is 2.12. The molecule has 5 rings (SSSR count). The second kappa shape index (κ2) is 5.73. The minimum atomic E-state index is 0.00124. The van der Waals surface area contributed by atoms with Crippen LogP contribution in [0.15, 0.2) is 48.8 Å². The second-order valence-electron chi connectivity index (χ2n) is 7.10. The van der Waals surface area contributed by atoms with Crippen LogP contribution < -0.4 is 5.32 Å². The van der Waals surface area contributed by atoms with E-state index in [1.54, 1.807) is 0 Å². The molecule has 3 aromatic rings. The van der Waals surface area contributed by atoms with Gasteiger partial charge in [-0.25, -0.2) is 0 Å². The minimum absolute atomic E-state index is 0.00124. The lowest BCUT2D eigenvalue weighted by molar-refractivity contribution is 0.0953. The highest BCUT2D eigenvalue weighted by molar-refractivity contribution is 6.06. The van der Waals surface area contributed by atoms with Gasteiger partial charge < -0.3 is 9.88 Å². The Hall–Kier alpha value is -2.62. The highest BCUT2D eigenvalue weighted by atomic mass is 16.1. The van der Waals surface area contributed by atoms with Crippen molar-refractivity contribution in [3.8, 4) is 0 Å². The molecule has 1 radical (unpaired) electrons. The summed E-state index contributed by atoms with van der Waals surface area (Å²) in [6.07, 6.45) is 9.71. The molecule has 2 heterocycles. The van der Waals surface area contributed by atoms with Crippen molar-refractivity contribution in [2.75, 3.05) is 0 Å². The highest BCUT2D eigenvalue weighted by Crippen LogP contribution is 2.39. The number of benzene rings is 1. The first-order valence-electron chi connectivity index (χ1n) is 8.95. The molecular formula is C21H20N3O. The lowest BCUT2D eigenvalue weighted by atomic mass is 10.1. The van der Waals surface area contributed by atoms with Gasteiger partial charge in [-0.2, -0.15) is 0 Å². The molecule has 125 valence electrons. The van der Waals surface area contributed by atoms with Gasteiger partial charge in [0.25, 0.3) is 5.91 Å². The van der Waals surface area contributed by atoms with Gasteiger partial charge in [-0.05, 0) is 55.4 Å². The van der Waals surface area contributed by atoms with Crippen molar-refractivity contribution >= 4 is 16.8 Å². The number of nitrogens with one attached hydrogen (secondary N) is 1. The maximum absolute atomic E-state index is 12.6. The van der Waals surface area contributed by atoms with Crippen LogP contribution in [0.2, 0.25) is 0 Å². The number of aromatic nitrogens is 2. The van der Waals surface area contributed by atoms with Gasteiger partial charge in [0.15, 0.2) is 0 Å². The topological polar surface area (TPSA) is 46.9 Å². The molecule has 2 aliphatic rings. The van der Waals surface area contributed by atoms with E-state index >= 15 is 0 Å². The lowest BCUT2D eigenvalue weighted by Crippen LogP contribution is -2.26. The summed E-state index contributed by atoms with van der Waals surface area (Å²) in [6.45, 7) is 0.675. The summed E-state index contributed by atoms with van der Waals surface area (Å²) >= 11 is 0. The van der Waals surface area contributed by atoms with Gasteiger partial charge in [0.2, 0.25) is 0 Å². The molecule has 0 spiro atoms. The normalized spacial score (nSPS) is 17.0. The van der Waals surface area contributed by atoms with Crippen LogP contribution in [-0.2, 0) is 6.54 Å². The van der Waals surface area contributed by atoms with Crippen molar-refractivity contribution in [3.63, 3.8) is 0 Å². The predicted octanol–water partition coefficient (Wildman–Crippen LogP) is 3.67. The monoisotopic (exact) mass is 330 g/mol. The SMILES string of the molecule is O=C(NC1[CH]C1)c1cccc2ccn(Cc3ccc(C4CC4)cn3)c12. The second-order valence-corrected chi connectivity index (χ2v) is 7.10. The van der Waals surface area contributed by atoms with Gasteiger partial charge >= 0.3 is 0 Å². The molecule has 2 saturated carbocycles. The van der Waals surface area contributed by atoms with Crippen LogP contribution in [0.3, 0.4) is 0 Å². The third-order valence-electron chi connectivity index (χ3n) is 5.05. The molecule has 4 heteroatoms. The summed E-state index contributed by atoms with van der Waals surface area (Å²) in [6, 6.07) is 12.5. The molecule has 1 N–H and O–H groups in total. The Labute approximate surface area is 146 Å². The number of carbonyl (C=O) groups is 1. The average Bonchev–Trinajstić information content (AvgIpc) is 3.55. The zero-order chi connectivity index (χ0) is 16.8. The first kappa shape index (κ1) is 14.7. The van der Waals surface area contributed by atoms with Crippen LogP contribution in [0.4, 0.5) is 0 Å². The fourth-order valence-electron chi connectivity index (χ4n) is 3.37. The zero-order valence-electron chi connectivity index (χ0n) is 14.0. The minimum Gasteiger partial charge on any atom is -0.349 e. The van der Waals surface area contributed by atoms with Crippen LogP contribution >= 0.6 is 0 Å². The van der Waals surface area contributed by atoms with E-state index in [0.717, 1.165) is 34.5 Å². The zero-order valence-corrected chi connectivity index (χ0v) is 14.0. The van der Waals surface area contributed by atoms with E-state index in [1.807, 2.05) is 24.5 Å². The number of hydrogen-bond donors (Lipinski definition) is 1. The quantitative estimate of drug-likeness (QED) is 0.776. The molecule has 1 atom stereocenters. The molecule has 2 aromatic heterocycles. The summed E-state index contributed by atoms with van der Waals surface area (Å²) in [5.74, 6) is 0.727. The van der Waals surface area contributed by atoms with Crippen LogP contribution in [0.25, 0.3) is 10.9 Å². The predicted molar refractivity (Wildman–Crippen MR) is 97.4 cm³/mol. The molecule has 4 nitrogen and oxygen atoms in total. The van der Waals surface area contributed by atoms with Gasteiger partial charge in [0, 0.05) is 23.8 Å². The van der Waals surface area contributed by atoms with Gasteiger partial charge in [0.05, 0.1) is 23.3 Å². The third kappa shape index (κ3) is 2.93. The van der Waals surface area contributed by atoms with Crippen molar-refractivity contribution in [2.24, 2.45) is 0 Å². The highest BCUT2D eigenvalue weighted by Gasteiger charge is 2.26. The average molecular weight is 330 g/mol. The van der Waals surface area contributed by atoms with E-state index in [-0.39, 0.29) is 11.9 Å². The Bertz CT molecular complexity index is 933. The third-order valence-corrected chi connectivity index (χ3v) is 5.05. The molecular weight excluding hydrogens is 310 g/mol. The van der Waals surface area contributed by atoms with E-state index in [2.05, 4.69) is 45.6 Å². The molecule has 2 aliphatic carbocycles. The van der Waals surface area contributed by atoms with Crippen LogP contribution in [0, 0.1) is 6.42 Å². The lowest BCUT2D eigenvalue weighted by Gasteiger charge is -2.10. The maximum Gasteiger partial charge on any atom is 0.253 e. The number of rotatable bonds is 5. The Morgan fingerprint density at radius 1 is 1.20 bits per heavy atom. The maximum atomic E-state index is 12.6. The van der Waals surface area contributed by atoms with Crippen LogP contribution in [0.1, 0.15) is 46.8 Å². The number of fused-ring (bicyclic) bond motifs is 1.